The number of nitrogens with two attached hydrogens (primary N) is 2. The fourth-order valence-corrected chi connectivity index (χ4v) is 0.335. The van der Waals surface area contributed by atoms with E-state index in [0.29, 0.717) is 5.96 Å². The van der Waals surface area contributed by atoms with Gasteiger partial charge in [0.1, 0.15) is 0 Å². The number of hydrogen-bond acceptors (Lipinski definition) is 3. The van der Waals surface area contributed by atoms with Gasteiger partial charge in [0.2, 0.25) is 11.9 Å². The van der Waals surface area contributed by atoms with Gasteiger partial charge in [-0.1, -0.05) is 0 Å². The summed E-state index contributed by atoms with van der Waals surface area (Å²) in [5.41, 5.74) is 13.1. The summed E-state index contributed by atoms with van der Waals surface area (Å²) in [6.07, 6.45) is 0. The Kier molecular flexibility index (Phi) is 10.0. The topological polar surface area (TPSA) is 104 Å². The number of rotatable bonds is 1. The second-order valence-corrected chi connectivity index (χ2v) is 2.10. The molecular weight excluding hydrogens is 182 g/mol. The van der Waals surface area contributed by atoms with E-state index < -0.39 is 0 Å². The minimum absolute atomic E-state index is 0.231. The minimum Gasteiger partial charge on any atom is -0.369 e. The summed E-state index contributed by atoms with van der Waals surface area (Å²) in [6, 6.07) is 0. The van der Waals surface area contributed by atoms with E-state index in [9.17, 15) is 0 Å². The fourth-order valence-electron chi connectivity index (χ4n) is 0.335. The smallest absolute Gasteiger partial charge is 0.214 e. The Labute approximate surface area is 84.6 Å². The van der Waals surface area contributed by atoms with Gasteiger partial charge in [0.05, 0.1) is 0 Å². The van der Waals surface area contributed by atoms with Gasteiger partial charge >= 0.3 is 0 Å². The van der Waals surface area contributed by atoms with Gasteiger partial charge in [-0.2, -0.15) is 0 Å². The molecule has 7 heteroatoms. The first kappa shape index (κ1) is 14.9. The van der Waals surface area contributed by atoms with Crippen LogP contribution in [-0.2, 0) is 0 Å². The number of aliphatic imine (C=N–C) groups is 3. The second kappa shape index (κ2) is 9.46. The van der Waals surface area contributed by atoms with Gasteiger partial charge in [-0.25, -0.2) is 10.4 Å². The molecular formula is C7H19N7. The van der Waals surface area contributed by atoms with Crippen LogP contribution in [-0.4, -0.2) is 51.8 Å². The van der Waals surface area contributed by atoms with E-state index in [1.807, 2.05) is 0 Å². The molecule has 0 unspecified atom stereocenters. The van der Waals surface area contributed by atoms with Gasteiger partial charge in [-0.15, -0.1) is 0 Å². The van der Waals surface area contributed by atoms with Crippen molar-refractivity contribution in [1.29, 1.82) is 0 Å². The molecule has 0 saturated carbocycles. The van der Waals surface area contributed by atoms with Crippen LogP contribution in [0.5, 0.6) is 0 Å². The highest BCUT2D eigenvalue weighted by Gasteiger charge is 1.91. The lowest BCUT2D eigenvalue weighted by Gasteiger charge is -2.14. The SMILES string of the molecule is C=NC(N)=NC.CN=C(N)N(C)NC. The van der Waals surface area contributed by atoms with Crippen molar-refractivity contribution in [3.63, 3.8) is 0 Å². The number of hydrogen-bond donors (Lipinski definition) is 3. The maximum Gasteiger partial charge on any atom is 0.214 e. The zero-order valence-electron chi connectivity index (χ0n) is 9.15. The van der Waals surface area contributed by atoms with Crippen LogP contribution >= 0.6 is 0 Å². The highest BCUT2D eigenvalue weighted by atomic mass is 15.5. The third-order valence-corrected chi connectivity index (χ3v) is 1.30. The predicted octanol–water partition coefficient (Wildman–Crippen LogP) is -1.37. The van der Waals surface area contributed by atoms with Crippen LogP contribution in [0, 0.1) is 0 Å². The first-order chi connectivity index (χ1) is 6.53. The Hall–Kier alpha value is -1.63. The summed E-state index contributed by atoms with van der Waals surface area (Å²) in [4.78, 5) is 10.5. The zero-order chi connectivity index (χ0) is 11.6. The van der Waals surface area contributed by atoms with E-state index in [1.165, 1.54) is 0 Å². The van der Waals surface area contributed by atoms with Crippen molar-refractivity contribution >= 4 is 18.6 Å². The van der Waals surface area contributed by atoms with E-state index in [4.69, 9.17) is 11.5 Å². The third kappa shape index (κ3) is 8.47. The zero-order valence-corrected chi connectivity index (χ0v) is 9.15. The lowest BCUT2D eigenvalue weighted by Crippen LogP contribution is -2.41. The molecule has 0 heterocycles. The average Bonchev–Trinajstić information content (AvgIpc) is 2.26. The van der Waals surface area contributed by atoms with E-state index >= 15 is 0 Å². The van der Waals surface area contributed by atoms with Crippen molar-refractivity contribution in [3.05, 3.63) is 0 Å². The highest BCUT2D eigenvalue weighted by Crippen LogP contribution is 1.69. The molecule has 14 heavy (non-hydrogen) atoms. The van der Waals surface area contributed by atoms with E-state index in [2.05, 4.69) is 27.1 Å². The molecule has 0 aromatic rings. The van der Waals surface area contributed by atoms with Gasteiger partial charge in [0.25, 0.3) is 0 Å². The molecule has 5 N–H and O–H groups in total. The predicted molar refractivity (Wildman–Crippen MR) is 61.5 cm³/mol. The first-order valence-corrected chi connectivity index (χ1v) is 3.85. The Morgan fingerprint density at radius 2 is 1.79 bits per heavy atom. The van der Waals surface area contributed by atoms with Crippen molar-refractivity contribution in [2.45, 2.75) is 0 Å². The van der Waals surface area contributed by atoms with Gasteiger partial charge in [0.15, 0.2) is 0 Å². The molecule has 0 atom stereocenters. The lowest BCUT2D eigenvalue weighted by molar-refractivity contribution is 0.404. The quantitative estimate of drug-likeness (QED) is 0.276. The van der Waals surface area contributed by atoms with Crippen LogP contribution in [0.15, 0.2) is 15.0 Å². The Bertz CT molecular complexity index is 208. The minimum atomic E-state index is 0.231. The number of guanidine groups is 2. The highest BCUT2D eigenvalue weighted by molar-refractivity contribution is 5.82. The van der Waals surface area contributed by atoms with Crippen LogP contribution in [0.4, 0.5) is 0 Å². The summed E-state index contributed by atoms with van der Waals surface area (Å²) in [7, 11) is 6.77. The Morgan fingerprint density at radius 1 is 1.29 bits per heavy atom. The molecule has 82 valence electrons. The number of nitrogens with one attached hydrogen (secondary N) is 1. The Balaban J connectivity index is 0. The normalized spacial score (nSPS) is 11.4. The molecule has 0 rings (SSSR count). The number of hydrazine groups is 1. The van der Waals surface area contributed by atoms with Gasteiger partial charge in [0, 0.05) is 28.2 Å². The molecule has 0 aromatic carbocycles. The molecule has 0 aliphatic rings. The van der Waals surface area contributed by atoms with Gasteiger partial charge in [-0.05, 0) is 6.72 Å². The van der Waals surface area contributed by atoms with Gasteiger partial charge in [-0.3, -0.25) is 15.0 Å². The lowest BCUT2D eigenvalue weighted by atomic mass is 10.9. The average molecular weight is 201 g/mol. The third-order valence-electron chi connectivity index (χ3n) is 1.30. The largest absolute Gasteiger partial charge is 0.369 e. The molecule has 0 aromatic heterocycles. The van der Waals surface area contributed by atoms with Gasteiger partial charge < -0.3 is 11.5 Å². The fraction of sp³-hybridized carbons (Fsp3) is 0.571. The molecule has 0 radical (unpaired) electrons. The van der Waals surface area contributed by atoms with Crippen LogP contribution in [0.1, 0.15) is 0 Å². The maximum absolute atomic E-state index is 5.34. The maximum atomic E-state index is 5.34. The van der Waals surface area contributed by atoms with Crippen molar-refractivity contribution in [2.24, 2.45) is 26.4 Å². The number of nitrogens with zero attached hydrogens (tertiary/aromatic N) is 4. The van der Waals surface area contributed by atoms with Crippen molar-refractivity contribution in [3.8, 4) is 0 Å². The standard InChI is InChI=1S/C4H12N4.C3H7N3/c1-6-4(5)8(3)7-2;1-5-3(4)6-2/h7H,1-3H3,(H2,5,6);1H2,2H3,(H2,4,6). The van der Waals surface area contributed by atoms with E-state index in [1.54, 1.807) is 33.2 Å². The molecule has 0 saturated heterocycles. The summed E-state index contributed by atoms with van der Waals surface area (Å²) in [5, 5.41) is 1.62. The monoisotopic (exact) mass is 201 g/mol. The molecule has 0 spiro atoms. The van der Waals surface area contributed by atoms with Crippen molar-refractivity contribution in [2.75, 3.05) is 28.2 Å². The molecule has 0 fully saturated rings. The second-order valence-electron chi connectivity index (χ2n) is 2.10. The van der Waals surface area contributed by atoms with Crippen molar-refractivity contribution < 1.29 is 0 Å². The molecule has 7 nitrogen and oxygen atoms in total. The summed E-state index contributed by atoms with van der Waals surface area (Å²) in [5.74, 6) is 0.711. The summed E-state index contributed by atoms with van der Waals surface area (Å²) < 4.78 is 0. The van der Waals surface area contributed by atoms with Crippen molar-refractivity contribution in [1.82, 2.24) is 10.4 Å². The van der Waals surface area contributed by atoms with E-state index in [-0.39, 0.29) is 5.96 Å². The molecule has 0 aliphatic heterocycles. The van der Waals surface area contributed by atoms with Crippen LogP contribution in [0.2, 0.25) is 0 Å². The first-order valence-electron chi connectivity index (χ1n) is 3.85. The molecule has 0 bridgehead atoms. The Morgan fingerprint density at radius 3 is 1.86 bits per heavy atom. The summed E-state index contributed by atoms with van der Waals surface area (Å²) >= 11 is 0. The molecule has 0 aliphatic carbocycles. The summed E-state index contributed by atoms with van der Waals surface area (Å²) in [6.45, 7) is 3.13. The van der Waals surface area contributed by atoms with Crippen LogP contribution in [0.25, 0.3) is 0 Å². The van der Waals surface area contributed by atoms with Crippen LogP contribution < -0.4 is 16.9 Å². The van der Waals surface area contributed by atoms with Crippen LogP contribution in [0.3, 0.4) is 0 Å². The molecule has 0 amide bonds. The van der Waals surface area contributed by atoms with E-state index in [0.717, 1.165) is 0 Å².